The summed E-state index contributed by atoms with van der Waals surface area (Å²) in [5.41, 5.74) is 7.99. The molecule has 5 heteroatoms. The van der Waals surface area contributed by atoms with Crippen molar-refractivity contribution in [1.29, 1.82) is 0 Å². The maximum Gasteiger partial charge on any atom is 0.242 e. The van der Waals surface area contributed by atoms with Gasteiger partial charge in [0, 0.05) is 30.3 Å². The second-order valence-corrected chi connectivity index (χ2v) is 5.71. The molecule has 1 saturated heterocycles. The third kappa shape index (κ3) is 3.09. The molecule has 1 aliphatic rings. The van der Waals surface area contributed by atoms with Crippen LogP contribution in [0, 0.1) is 0 Å². The summed E-state index contributed by atoms with van der Waals surface area (Å²) in [4.78, 5) is 14.2. The van der Waals surface area contributed by atoms with Crippen LogP contribution in [0.3, 0.4) is 0 Å². The van der Waals surface area contributed by atoms with Crippen molar-refractivity contribution in [2.24, 2.45) is 5.73 Å². The quantitative estimate of drug-likeness (QED) is 0.893. The molecular formula is C14H20BrN3O. The fourth-order valence-electron chi connectivity index (χ4n) is 2.66. The second kappa shape index (κ2) is 6.39. The highest BCUT2D eigenvalue weighted by Crippen LogP contribution is 2.30. The van der Waals surface area contributed by atoms with Crippen molar-refractivity contribution in [2.75, 3.05) is 18.5 Å². The van der Waals surface area contributed by atoms with Crippen molar-refractivity contribution in [1.82, 2.24) is 5.32 Å². The van der Waals surface area contributed by atoms with Crippen LogP contribution in [-0.2, 0) is 11.3 Å². The normalized spacial score (nSPS) is 19.3. The van der Waals surface area contributed by atoms with E-state index in [-0.39, 0.29) is 11.9 Å². The van der Waals surface area contributed by atoms with Gasteiger partial charge in [0.15, 0.2) is 0 Å². The lowest BCUT2D eigenvalue weighted by atomic mass is 9.99. The van der Waals surface area contributed by atoms with Gasteiger partial charge in [-0.15, -0.1) is 0 Å². The minimum absolute atomic E-state index is 0.0785. The van der Waals surface area contributed by atoms with E-state index in [2.05, 4.69) is 26.1 Å². The number of nitrogens with zero attached hydrogens (tertiary/aromatic N) is 1. The molecule has 1 aromatic carbocycles. The number of benzene rings is 1. The Morgan fingerprint density at radius 1 is 1.53 bits per heavy atom. The van der Waals surface area contributed by atoms with Gasteiger partial charge in [0.1, 0.15) is 6.04 Å². The van der Waals surface area contributed by atoms with Crippen LogP contribution in [0.2, 0.25) is 0 Å². The molecule has 0 aliphatic carbocycles. The molecule has 2 rings (SSSR count). The average Bonchev–Trinajstić information content (AvgIpc) is 2.46. The van der Waals surface area contributed by atoms with E-state index in [0.29, 0.717) is 6.54 Å². The third-order valence-electron chi connectivity index (χ3n) is 3.62. The Bertz CT molecular complexity index is 464. The van der Waals surface area contributed by atoms with E-state index in [1.54, 1.807) is 7.05 Å². The summed E-state index contributed by atoms with van der Waals surface area (Å²) in [7, 11) is 1.69. The minimum atomic E-state index is -0.0785. The lowest BCUT2D eigenvalue weighted by Gasteiger charge is -2.37. The number of hydrogen-bond acceptors (Lipinski definition) is 3. The number of carbonyl (C=O) groups is 1. The molecule has 104 valence electrons. The summed E-state index contributed by atoms with van der Waals surface area (Å²) in [5.74, 6) is 0.0885. The van der Waals surface area contributed by atoms with Crippen LogP contribution in [0.5, 0.6) is 0 Å². The molecule has 1 amide bonds. The SMILES string of the molecule is CNC(=O)C1CCCCN1c1ccc(Br)cc1CN. The van der Waals surface area contributed by atoms with Gasteiger partial charge >= 0.3 is 0 Å². The molecule has 1 unspecified atom stereocenters. The van der Waals surface area contributed by atoms with E-state index in [4.69, 9.17) is 5.73 Å². The Balaban J connectivity index is 2.34. The Kier molecular flexibility index (Phi) is 4.82. The first-order valence-corrected chi connectivity index (χ1v) is 7.43. The number of nitrogens with one attached hydrogen (secondary N) is 1. The van der Waals surface area contributed by atoms with Crippen molar-refractivity contribution in [3.8, 4) is 0 Å². The summed E-state index contributed by atoms with van der Waals surface area (Å²) < 4.78 is 1.02. The van der Waals surface area contributed by atoms with Crippen molar-refractivity contribution in [2.45, 2.75) is 31.8 Å². The fraction of sp³-hybridized carbons (Fsp3) is 0.500. The standard InChI is InChI=1S/C14H20BrN3O/c1-17-14(19)13-4-2-3-7-18(13)12-6-5-11(15)8-10(12)9-16/h5-6,8,13H,2-4,7,9,16H2,1H3,(H,17,19). The predicted molar refractivity (Wildman–Crippen MR) is 81.1 cm³/mol. The van der Waals surface area contributed by atoms with Gasteiger partial charge in [0.05, 0.1) is 0 Å². The number of halogens is 1. The van der Waals surface area contributed by atoms with Crippen molar-refractivity contribution < 1.29 is 4.79 Å². The van der Waals surface area contributed by atoms with Gasteiger partial charge in [-0.1, -0.05) is 15.9 Å². The summed E-state index contributed by atoms with van der Waals surface area (Å²) in [5, 5.41) is 2.76. The van der Waals surface area contributed by atoms with E-state index in [9.17, 15) is 4.79 Å². The molecule has 0 radical (unpaired) electrons. The molecule has 1 atom stereocenters. The first-order valence-electron chi connectivity index (χ1n) is 6.64. The number of nitrogens with two attached hydrogens (primary N) is 1. The van der Waals surface area contributed by atoms with Gasteiger partial charge < -0.3 is 16.0 Å². The second-order valence-electron chi connectivity index (χ2n) is 4.80. The third-order valence-corrected chi connectivity index (χ3v) is 4.12. The molecule has 1 fully saturated rings. The van der Waals surface area contributed by atoms with Crippen molar-refractivity contribution >= 4 is 27.5 Å². The van der Waals surface area contributed by atoms with Crippen molar-refractivity contribution in [3.63, 3.8) is 0 Å². The van der Waals surface area contributed by atoms with E-state index >= 15 is 0 Å². The Hall–Kier alpha value is -1.07. The van der Waals surface area contributed by atoms with Gasteiger partial charge in [-0.2, -0.15) is 0 Å². The smallest absolute Gasteiger partial charge is 0.242 e. The Morgan fingerprint density at radius 3 is 3.00 bits per heavy atom. The Labute approximate surface area is 122 Å². The van der Waals surface area contributed by atoms with Gasteiger partial charge in [0.25, 0.3) is 0 Å². The van der Waals surface area contributed by atoms with Crippen LogP contribution in [-0.4, -0.2) is 25.5 Å². The van der Waals surface area contributed by atoms with E-state index < -0.39 is 0 Å². The van der Waals surface area contributed by atoms with Gasteiger partial charge in [-0.05, 0) is 43.0 Å². The first-order chi connectivity index (χ1) is 9.17. The molecule has 3 N–H and O–H groups in total. The zero-order valence-electron chi connectivity index (χ0n) is 11.2. The Morgan fingerprint density at radius 2 is 2.32 bits per heavy atom. The van der Waals surface area contributed by atoms with E-state index in [1.807, 2.05) is 18.2 Å². The maximum absolute atomic E-state index is 12.0. The number of piperidine rings is 1. The average molecular weight is 326 g/mol. The number of amides is 1. The summed E-state index contributed by atoms with van der Waals surface area (Å²) in [6.07, 6.45) is 3.12. The number of hydrogen-bond donors (Lipinski definition) is 2. The molecular weight excluding hydrogens is 306 g/mol. The van der Waals surface area contributed by atoms with E-state index in [0.717, 1.165) is 41.5 Å². The topological polar surface area (TPSA) is 58.4 Å². The number of anilines is 1. The summed E-state index contributed by atoms with van der Waals surface area (Å²) >= 11 is 3.47. The largest absolute Gasteiger partial charge is 0.359 e. The molecule has 1 aromatic rings. The van der Waals surface area contributed by atoms with Crippen LogP contribution >= 0.6 is 15.9 Å². The molecule has 1 aliphatic heterocycles. The summed E-state index contributed by atoms with van der Waals surface area (Å²) in [6, 6.07) is 6.01. The number of likely N-dealkylation sites (N-methyl/N-ethyl adjacent to an activating group) is 1. The number of rotatable bonds is 3. The molecule has 0 bridgehead atoms. The highest BCUT2D eigenvalue weighted by atomic mass is 79.9. The van der Waals surface area contributed by atoms with Crippen LogP contribution in [0.1, 0.15) is 24.8 Å². The van der Waals surface area contributed by atoms with Crippen LogP contribution in [0.25, 0.3) is 0 Å². The molecule has 4 nitrogen and oxygen atoms in total. The van der Waals surface area contributed by atoms with Crippen LogP contribution in [0.4, 0.5) is 5.69 Å². The molecule has 19 heavy (non-hydrogen) atoms. The highest BCUT2D eigenvalue weighted by molar-refractivity contribution is 9.10. The van der Waals surface area contributed by atoms with E-state index in [1.165, 1.54) is 0 Å². The zero-order valence-corrected chi connectivity index (χ0v) is 12.7. The highest BCUT2D eigenvalue weighted by Gasteiger charge is 2.29. The van der Waals surface area contributed by atoms with Gasteiger partial charge in [-0.25, -0.2) is 0 Å². The monoisotopic (exact) mass is 325 g/mol. The first kappa shape index (κ1) is 14.3. The molecule has 0 saturated carbocycles. The van der Waals surface area contributed by atoms with Gasteiger partial charge in [-0.3, -0.25) is 4.79 Å². The fourth-order valence-corrected chi connectivity index (χ4v) is 3.07. The zero-order chi connectivity index (χ0) is 13.8. The van der Waals surface area contributed by atoms with Crippen LogP contribution < -0.4 is 16.0 Å². The maximum atomic E-state index is 12.0. The minimum Gasteiger partial charge on any atom is -0.359 e. The molecule has 1 heterocycles. The summed E-state index contributed by atoms with van der Waals surface area (Å²) in [6.45, 7) is 1.39. The van der Waals surface area contributed by atoms with Crippen molar-refractivity contribution in [3.05, 3.63) is 28.2 Å². The lowest BCUT2D eigenvalue weighted by Crippen LogP contribution is -2.49. The van der Waals surface area contributed by atoms with Gasteiger partial charge in [0.2, 0.25) is 5.91 Å². The lowest BCUT2D eigenvalue weighted by molar-refractivity contribution is -0.122. The number of carbonyl (C=O) groups excluding carboxylic acids is 1. The predicted octanol–water partition coefficient (Wildman–Crippen LogP) is 2.01. The molecule has 0 spiro atoms. The molecule has 0 aromatic heterocycles. The van der Waals surface area contributed by atoms with Crippen LogP contribution in [0.15, 0.2) is 22.7 Å².